The Labute approximate surface area is 138 Å². The molecular formula is C14H16Cl3NO3. The SMILES string of the molecule is COc1c(Cl)cc(OCC=C(Cl)Cl)cc1C(=NO)C(C)C. The smallest absolute Gasteiger partial charge is 0.146 e. The molecule has 0 saturated carbocycles. The van der Waals surface area contributed by atoms with Gasteiger partial charge in [-0.25, -0.2) is 0 Å². The van der Waals surface area contributed by atoms with E-state index < -0.39 is 0 Å². The summed E-state index contributed by atoms with van der Waals surface area (Å²) in [5, 5.41) is 12.9. The number of oxime groups is 1. The number of rotatable bonds is 6. The van der Waals surface area contributed by atoms with Crippen molar-refractivity contribution in [2.75, 3.05) is 13.7 Å². The van der Waals surface area contributed by atoms with Crippen molar-refractivity contribution in [3.05, 3.63) is 33.3 Å². The third-order valence-corrected chi connectivity index (χ3v) is 3.23. The highest BCUT2D eigenvalue weighted by Gasteiger charge is 2.19. The van der Waals surface area contributed by atoms with Gasteiger partial charge in [0.15, 0.2) is 0 Å². The standard InChI is InChI=1S/C14H16Cl3NO3/c1-8(2)13(18-19)10-6-9(21-5-4-12(16)17)7-11(15)14(10)20-3/h4,6-8,19H,5H2,1-3H3. The van der Waals surface area contributed by atoms with Gasteiger partial charge in [-0.3, -0.25) is 0 Å². The largest absolute Gasteiger partial charge is 0.494 e. The Hall–Kier alpha value is -1.10. The zero-order valence-electron chi connectivity index (χ0n) is 11.9. The van der Waals surface area contributed by atoms with Gasteiger partial charge in [0.05, 0.1) is 17.8 Å². The molecule has 116 valence electrons. The topological polar surface area (TPSA) is 51.0 Å². The van der Waals surface area contributed by atoms with Crippen molar-refractivity contribution in [1.82, 2.24) is 0 Å². The summed E-state index contributed by atoms with van der Waals surface area (Å²) in [5.41, 5.74) is 1.02. The summed E-state index contributed by atoms with van der Waals surface area (Å²) in [6.45, 7) is 3.98. The van der Waals surface area contributed by atoms with Crippen molar-refractivity contribution >= 4 is 40.5 Å². The number of ether oxygens (including phenoxy) is 2. The third kappa shape index (κ3) is 4.99. The summed E-state index contributed by atoms with van der Waals surface area (Å²) in [7, 11) is 1.50. The second kappa shape index (κ2) is 8.37. The number of halogens is 3. The molecule has 0 unspecified atom stereocenters. The lowest BCUT2D eigenvalue weighted by molar-refractivity contribution is 0.315. The summed E-state index contributed by atoms with van der Waals surface area (Å²) < 4.78 is 10.9. The molecule has 0 aromatic heterocycles. The fourth-order valence-corrected chi connectivity index (χ4v) is 2.14. The maximum atomic E-state index is 9.20. The zero-order valence-corrected chi connectivity index (χ0v) is 14.1. The predicted molar refractivity (Wildman–Crippen MR) is 86.4 cm³/mol. The number of hydrogen-bond donors (Lipinski definition) is 1. The van der Waals surface area contributed by atoms with Gasteiger partial charge in [0.25, 0.3) is 0 Å². The van der Waals surface area contributed by atoms with Crippen molar-refractivity contribution in [1.29, 1.82) is 0 Å². The summed E-state index contributed by atoms with van der Waals surface area (Å²) in [4.78, 5) is 0. The van der Waals surface area contributed by atoms with E-state index in [-0.39, 0.29) is 17.0 Å². The average molecular weight is 353 g/mol. The first-order valence-electron chi connectivity index (χ1n) is 6.14. The van der Waals surface area contributed by atoms with E-state index in [0.717, 1.165) is 0 Å². The van der Waals surface area contributed by atoms with Gasteiger partial charge in [-0.1, -0.05) is 53.8 Å². The molecule has 1 rings (SSSR count). The molecule has 1 aromatic carbocycles. The maximum Gasteiger partial charge on any atom is 0.146 e. The maximum absolute atomic E-state index is 9.20. The van der Waals surface area contributed by atoms with E-state index in [9.17, 15) is 5.21 Å². The van der Waals surface area contributed by atoms with Crippen LogP contribution < -0.4 is 9.47 Å². The molecular weight excluding hydrogens is 337 g/mol. The van der Waals surface area contributed by atoms with E-state index in [2.05, 4.69) is 5.16 Å². The van der Waals surface area contributed by atoms with Gasteiger partial charge in [0.1, 0.15) is 22.6 Å². The molecule has 0 saturated heterocycles. The van der Waals surface area contributed by atoms with Crippen LogP contribution >= 0.6 is 34.8 Å². The highest BCUT2D eigenvalue weighted by atomic mass is 35.5. The Morgan fingerprint density at radius 2 is 2.05 bits per heavy atom. The van der Waals surface area contributed by atoms with Crippen LogP contribution in [0.2, 0.25) is 5.02 Å². The van der Waals surface area contributed by atoms with Gasteiger partial charge < -0.3 is 14.7 Å². The third-order valence-electron chi connectivity index (χ3n) is 2.64. The highest BCUT2D eigenvalue weighted by molar-refractivity contribution is 6.55. The number of nitrogens with zero attached hydrogens (tertiary/aromatic N) is 1. The van der Waals surface area contributed by atoms with Gasteiger partial charge in [0, 0.05) is 11.6 Å². The lowest BCUT2D eigenvalue weighted by atomic mass is 9.99. The minimum absolute atomic E-state index is 0.0209. The highest BCUT2D eigenvalue weighted by Crippen LogP contribution is 2.35. The molecule has 7 heteroatoms. The molecule has 0 bridgehead atoms. The molecule has 0 aliphatic heterocycles. The number of hydrogen-bond acceptors (Lipinski definition) is 4. The Morgan fingerprint density at radius 1 is 1.38 bits per heavy atom. The van der Waals surface area contributed by atoms with Crippen molar-refractivity contribution in [2.24, 2.45) is 11.1 Å². The predicted octanol–water partition coefficient (Wildman–Crippen LogP) is 4.88. The van der Waals surface area contributed by atoms with E-state index in [1.165, 1.54) is 13.2 Å². The Bertz CT molecular complexity index is 553. The van der Waals surface area contributed by atoms with Crippen molar-refractivity contribution < 1.29 is 14.7 Å². The van der Waals surface area contributed by atoms with Gasteiger partial charge in [-0.05, 0) is 18.1 Å². The first-order chi connectivity index (χ1) is 9.90. The van der Waals surface area contributed by atoms with Crippen molar-refractivity contribution in [3.8, 4) is 11.5 Å². The van der Waals surface area contributed by atoms with Crippen LogP contribution in [0.1, 0.15) is 19.4 Å². The summed E-state index contributed by atoms with van der Waals surface area (Å²) >= 11 is 17.2. The van der Waals surface area contributed by atoms with Crippen molar-refractivity contribution in [2.45, 2.75) is 13.8 Å². The molecule has 0 amide bonds. The quantitative estimate of drug-likeness (QED) is 0.451. The molecule has 4 nitrogen and oxygen atoms in total. The number of methoxy groups -OCH3 is 1. The van der Waals surface area contributed by atoms with E-state index in [0.29, 0.717) is 27.8 Å². The summed E-state index contributed by atoms with van der Waals surface area (Å²) in [6, 6.07) is 3.30. The Balaban J connectivity index is 3.21. The van der Waals surface area contributed by atoms with Crippen LogP contribution in [0.15, 0.2) is 27.9 Å². The van der Waals surface area contributed by atoms with Gasteiger partial charge in [-0.15, -0.1) is 0 Å². The molecule has 1 aromatic rings. The minimum atomic E-state index is -0.0209. The molecule has 0 aliphatic rings. The fourth-order valence-electron chi connectivity index (χ4n) is 1.73. The fraction of sp³-hybridized carbons (Fsp3) is 0.357. The lowest BCUT2D eigenvalue weighted by Crippen LogP contribution is -2.12. The van der Waals surface area contributed by atoms with Gasteiger partial charge in [0.2, 0.25) is 0 Å². The average Bonchev–Trinajstić information content (AvgIpc) is 2.38. The normalized spacial score (nSPS) is 11.5. The summed E-state index contributed by atoms with van der Waals surface area (Å²) in [5.74, 6) is 0.896. The molecule has 0 fully saturated rings. The summed E-state index contributed by atoms with van der Waals surface area (Å²) in [6.07, 6.45) is 1.50. The van der Waals surface area contributed by atoms with Crippen LogP contribution in [0.25, 0.3) is 0 Å². The Morgan fingerprint density at radius 3 is 2.52 bits per heavy atom. The lowest BCUT2D eigenvalue weighted by Gasteiger charge is -2.16. The first kappa shape index (κ1) is 18.0. The molecule has 0 spiro atoms. The van der Waals surface area contributed by atoms with Crippen LogP contribution in [0.3, 0.4) is 0 Å². The molecule has 21 heavy (non-hydrogen) atoms. The molecule has 0 heterocycles. The zero-order chi connectivity index (χ0) is 16.0. The molecule has 0 atom stereocenters. The van der Waals surface area contributed by atoms with Crippen LogP contribution in [-0.4, -0.2) is 24.6 Å². The van der Waals surface area contributed by atoms with Crippen LogP contribution in [0, 0.1) is 5.92 Å². The van der Waals surface area contributed by atoms with E-state index in [4.69, 9.17) is 44.3 Å². The van der Waals surface area contributed by atoms with Crippen LogP contribution in [0.4, 0.5) is 0 Å². The molecule has 1 N–H and O–H groups in total. The van der Waals surface area contributed by atoms with E-state index in [1.54, 1.807) is 12.1 Å². The first-order valence-corrected chi connectivity index (χ1v) is 7.27. The van der Waals surface area contributed by atoms with Gasteiger partial charge in [-0.2, -0.15) is 0 Å². The van der Waals surface area contributed by atoms with Crippen LogP contribution in [-0.2, 0) is 0 Å². The van der Waals surface area contributed by atoms with E-state index in [1.807, 2.05) is 13.8 Å². The number of benzene rings is 1. The van der Waals surface area contributed by atoms with Crippen LogP contribution in [0.5, 0.6) is 11.5 Å². The second-order valence-corrected chi connectivity index (χ2v) is 5.85. The van der Waals surface area contributed by atoms with Crippen molar-refractivity contribution in [3.63, 3.8) is 0 Å². The van der Waals surface area contributed by atoms with Gasteiger partial charge >= 0.3 is 0 Å². The monoisotopic (exact) mass is 351 g/mol. The molecule has 0 aliphatic carbocycles. The molecule has 0 radical (unpaired) electrons. The Kier molecular flexibility index (Phi) is 7.15. The van der Waals surface area contributed by atoms with E-state index >= 15 is 0 Å². The minimum Gasteiger partial charge on any atom is -0.494 e. The second-order valence-electron chi connectivity index (χ2n) is 4.43.